The summed E-state index contributed by atoms with van der Waals surface area (Å²) >= 11 is 0. The van der Waals surface area contributed by atoms with E-state index in [1.54, 1.807) is 4.90 Å². The minimum Gasteiger partial charge on any atom is -0.484 e. The number of ether oxygens (including phenoxy) is 1. The molecule has 1 aromatic rings. The second-order valence-electron chi connectivity index (χ2n) is 6.02. The molecule has 1 aliphatic heterocycles. The van der Waals surface area contributed by atoms with Crippen molar-refractivity contribution in [1.29, 1.82) is 0 Å². The number of hydrogen-bond donors (Lipinski definition) is 1. The van der Waals surface area contributed by atoms with E-state index >= 15 is 0 Å². The lowest BCUT2D eigenvalue weighted by atomic mass is 9.87. The van der Waals surface area contributed by atoms with Gasteiger partial charge in [0.2, 0.25) is 0 Å². The molecule has 4 nitrogen and oxygen atoms in total. The van der Waals surface area contributed by atoms with Crippen LogP contribution in [0, 0.1) is 0 Å². The van der Waals surface area contributed by atoms with Crippen molar-refractivity contribution >= 4 is 5.91 Å². The molecule has 0 saturated carbocycles. The molecule has 0 radical (unpaired) electrons. The van der Waals surface area contributed by atoms with Gasteiger partial charge in [0.15, 0.2) is 6.61 Å². The second-order valence-corrected chi connectivity index (χ2v) is 6.02. The summed E-state index contributed by atoms with van der Waals surface area (Å²) in [4.78, 5) is 13.3. The minimum absolute atomic E-state index is 0.0293. The van der Waals surface area contributed by atoms with Crippen LogP contribution in [0.15, 0.2) is 24.3 Å². The van der Waals surface area contributed by atoms with Crippen molar-refractivity contribution in [2.45, 2.75) is 32.3 Å². The third-order valence-corrected chi connectivity index (χ3v) is 3.30. The highest BCUT2D eigenvalue weighted by molar-refractivity contribution is 5.78. The predicted molar refractivity (Wildman–Crippen MR) is 73.2 cm³/mol. The molecule has 0 unspecified atom stereocenters. The normalized spacial score (nSPS) is 16.1. The highest BCUT2D eigenvalue weighted by Crippen LogP contribution is 2.24. The summed E-state index contributed by atoms with van der Waals surface area (Å²) in [5.41, 5.74) is 1.35. The number of likely N-dealkylation sites (tertiary alicyclic amines) is 1. The van der Waals surface area contributed by atoms with E-state index in [4.69, 9.17) is 9.84 Å². The molecule has 104 valence electrons. The second kappa shape index (κ2) is 5.21. The molecule has 1 heterocycles. The van der Waals surface area contributed by atoms with Gasteiger partial charge in [-0.25, -0.2) is 0 Å². The summed E-state index contributed by atoms with van der Waals surface area (Å²) < 4.78 is 5.45. The number of nitrogens with zero attached hydrogens (tertiary/aromatic N) is 1. The number of carbonyl (C=O) groups is 1. The summed E-state index contributed by atoms with van der Waals surface area (Å²) in [7, 11) is 0. The van der Waals surface area contributed by atoms with Gasteiger partial charge < -0.3 is 14.7 Å². The Bertz CT molecular complexity index is 441. The highest BCUT2D eigenvalue weighted by atomic mass is 16.5. The van der Waals surface area contributed by atoms with Crippen molar-refractivity contribution in [3.8, 4) is 5.75 Å². The zero-order valence-corrected chi connectivity index (χ0v) is 11.7. The predicted octanol–water partition coefficient (Wildman–Crippen LogP) is 1.57. The van der Waals surface area contributed by atoms with E-state index in [0.29, 0.717) is 18.8 Å². The molecule has 1 aromatic carbocycles. The summed E-state index contributed by atoms with van der Waals surface area (Å²) in [5, 5.41) is 9.12. The van der Waals surface area contributed by atoms with Crippen LogP contribution in [-0.2, 0) is 10.2 Å². The van der Waals surface area contributed by atoms with E-state index in [1.165, 1.54) is 5.56 Å². The lowest BCUT2D eigenvalue weighted by molar-refractivity contribution is -0.143. The molecule has 2 rings (SSSR count). The number of aliphatic hydroxyl groups is 1. The third-order valence-electron chi connectivity index (χ3n) is 3.30. The first-order valence-corrected chi connectivity index (χ1v) is 6.55. The molecular weight excluding hydrogens is 242 g/mol. The van der Waals surface area contributed by atoms with Crippen molar-refractivity contribution in [3.63, 3.8) is 0 Å². The van der Waals surface area contributed by atoms with Crippen LogP contribution in [0.1, 0.15) is 26.3 Å². The molecule has 1 amide bonds. The largest absolute Gasteiger partial charge is 0.484 e. The molecule has 0 aromatic heterocycles. The van der Waals surface area contributed by atoms with Gasteiger partial charge in [0.25, 0.3) is 5.91 Å². The van der Waals surface area contributed by atoms with Gasteiger partial charge in [-0.2, -0.15) is 0 Å². The molecule has 0 bridgehead atoms. The van der Waals surface area contributed by atoms with E-state index in [9.17, 15) is 4.79 Å². The molecule has 0 aliphatic carbocycles. The van der Waals surface area contributed by atoms with Gasteiger partial charge in [-0.3, -0.25) is 4.79 Å². The summed E-state index contributed by atoms with van der Waals surface area (Å²) in [6.07, 6.45) is -0.366. The van der Waals surface area contributed by atoms with Crippen LogP contribution in [0.4, 0.5) is 0 Å². The average molecular weight is 263 g/mol. The van der Waals surface area contributed by atoms with E-state index < -0.39 is 0 Å². The Morgan fingerprint density at radius 2 is 1.89 bits per heavy atom. The summed E-state index contributed by atoms with van der Waals surface area (Å²) in [6.45, 7) is 7.34. The van der Waals surface area contributed by atoms with Gasteiger partial charge >= 0.3 is 0 Å². The standard InChI is InChI=1S/C15H21NO3/c1-15(2,3)11-4-6-13(7-5-11)19-10-14(18)16-8-12(17)9-16/h4-7,12,17H,8-10H2,1-3H3. The lowest BCUT2D eigenvalue weighted by Gasteiger charge is -2.35. The zero-order chi connectivity index (χ0) is 14.0. The SMILES string of the molecule is CC(C)(C)c1ccc(OCC(=O)N2CC(O)C2)cc1. The summed E-state index contributed by atoms with van der Waals surface area (Å²) in [5.74, 6) is 0.618. The maximum Gasteiger partial charge on any atom is 0.260 e. The first-order valence-electron chi connectivity index (χ1n) is 6.55. The van der Waals surface area contributed by atoms with E-state index in [1.807, 2.05) is 24.3 Å². The van der Waals surface area contributed by atoms with Crippen molar-refractivity contribution in [3.05, 3.63) is 29.8 Å². The molecule has 0 spiro atoms. The van der Waals surface area contributed by atoms with Gasteiger partial charge in [-0.1, -0.05) is 32.9 Å². The molecule has 1 N–H and O–H groups in total. The van der Waals surface area contributed by atoms with Crippen LogP contribution in [0.2, 0.25) is 0 Å². The monoisotopic (exact) mass is 263 g/mol. The topological polar surface area (TPSA) is 49.8 Å². The molecule has 1 fully saturated rings. The molecule has 19 heavy (non-hydrogen) atoms. The fraction of sp³-hybridized carbons (Fsp3) is 0.533. The Labute approximate surface area is 114 Å². The molecule has 1 saturated heterocycles. The fourth-order valence-electron chi connectivity index (χ4n) is 1.95. The Balaban J connectivity index is 1.85. The van der Waals surface area contributed by atoms with Crippen LogP contribution in [-0.4, -0.2) is 41.7 Å². The van der Waals surface area contributed by atoms with Crippen LogP contribution in [0.3, 0.4) is 0 Å². The smallest absolute Gasteiger partial charge is 0.260 e. The number of β-amino-alcohol motifs (C(OH)–C–C–N with tert-alkyl or cyclic N) is 1. The van der Waals surface area contributed by atoms with E-state index in [-0.39, 0.29) is 24.0 Å². The van der Waals surface area contributed by atoms with Crippen molar-refractivity contribution in [2.24, 2.45) is 0 Å². The van der Waals surface area contributed by atoms with Gasteiger partial charge in [0, 0.05) is 13.1 Å². The van der Waals surface area contributed by atoms with Crippen molar-refractivity contribution in [1.82, 2.24) is 4.90 Å². The highest BCUT2D eigenvalue weighted by Gasteiger charge is 2.28. The van der Waals surface area contributed by atoms with Crippen LogP contribution < -0.4 is 4.74 Å². The van der Waals surface area contributed by atoms with Gasteiger partial charge in [0.05, 0.1) is 6.10 Å². The first kappa shape index (κ1) is 13.9. The van der Waals surface area contributed by atoms with Crippen LogP contribution >= 0.6 is 0 Å². The number of hydrogen-bond acceptors (Lipinski definition) is 3. The lowest BCUT2D eigenvalue weighted by Crippen LogP contribution is -2.54. The molecule has 0 atom stereocenters. The number of rotatable bonds is 3. The number of benzene rings is 1. The van der Waals surface area contributed by atoms with Gasteiger partial charge in [-0.05, 0) is 23.1 Å². The average Bonchev–Trinajstić information content (AvgIpc) is 2.31. The first-order chi connectivity index (χ1) is 8.86. The Hall–Kier alpha value is -1.55. The number of aliphatic hydroxyl groups excluding tert-OH is 1. The minimum atomic E-state index is -0.366. The fourth-order valence-corrected chi connectivity index (χ4v) is 1.95. The van der Waals surface area contributed by atoms with Gasteiger partial charge in [0.1, 0.15) is 5.75 Å². The van der Waals surface area contributed by atoms with Gasteiger partial charge in [-0.15, -0.1) is 0 Å². The maximum atomic E-state index is 11.7. The summed E-state index contributed by atoms with van der Waals surface area (Å²) in [6, 6.07) is 7.82. The Morgan fingerprint density at radius 3 is 2.37 bits per heavy atom. The quantitative estimate of drug-likeness (QED) is 0.900. The van der Waals surface area contributed by atoms with Crippen LogP contribution in [0.5, 0.6) is 5.75 Å². The molecule has 4 heteroatoms. The zero-order valence-electron chi connectivity index (χ0n) is 11.7. The maximum absolute atomic E-state index is 11.7. The van der Waals surface area contributed by atoms with E-state index in [2.05, 4.69) is 20.8 Å². The van der Waals surface area contributed by atoms with Crippen molar-refractivity contribution in [2.75, 3.05) is 19.7 Å². The molecular formula is C15H21NO3. The number of carbonyl (C=O) groups excluding carboxylic acids is 1. The van der Waals surface area contributed by atoms with Crippen LogP contribution in [0.25, 0.3) is 0 Å². The van der Waals surface area contributed by atoms with Crippen molar-refractivity contribution < 1.29 is 14.6 Å². The van der Waals surface area contributed by atoms with E-state index in [0.717, 1.165) is 0 Å². The molecule has 1 aliphatic rings. The third kappa shape index (κ3) is 3.47. The number of amides is 1. The Kier molecular flexibility index (Phi) is 3.80. The Morgan fingerprint density at radius 1 is 1.32 bits per heavy atom.